The van der Waals surface area contributed by atoms with Gasteiger partial charge >= 0.3 is 5.97 Å². The second-order valence-electron chi connectivity index (χ2n) is 4.34. The van der Waals surface area contributed by atoms with E-state index in [9.17, 15) is 13.6 Å². The van der Waals surface area contributed by atoms with Crippen LogP contribution in [0.25, 0.3) is 0 Å². The number of likely N-dealkylation sites (tertiary alicyclic amines) is 1. The summed E-state index contributed by atoms with van der Waals surface area (Å²) in [5, 5.41) is 9.10. The third-order valence-electron chi connectivity index (χ3n) is 3.17. The van der Waals surface area contributed by atoms with Crippen molar-refractivity contribution in [2.24, 2.45) is 5.41 Å². The van der Waals surface area contributed by atoms with Gasteiger partial charge in [0.2, 0.25) is 6.43 Å². The van der Waals surface area contributed by atoms with Crippen LogP contribution in [0, 0.1) is 5.41 Å². The first-order valence-corrected chi connectivity index (χ1v) is 5.16. The first-order chi connectivity index (χ1) is 6.96. The zero-order valence-corrected chi connectivity index (χ0v) is 8.88. The number of nitrogens with zero attached hydrogens (tertiary/aromatic N) is 1. The van der Waals surface area contributed by atoms with Gasteiger partial charge in [0.15, 0.2) is 0 Å². The van der Waals surface area contributed by atoms with Gasteiger partial charge in [0.05, 0.1) is 5.41 Å². The van der Waals surface area contributed by atoms with E-state index in [1.165, 1.54) is 0 Å². The van der Waals surface area contributed by atoms with Gasteiger partial charge in [-0.3, -0.25) is 4.79 Å². The van der Waals surface area contributed by atoms with Gasteiger partial charge in [0.1, 0.15) is 0 Å². The second-order valence-corrected chi connectivity index (χ2v) is 4.34. The molecule has 0 aromatic heterocycles. The van der Waals surface area contributed by atoms with Crippen molar-refractivity contribution in [1.29, 1.82) is 0 Å². The molecule has 1 fully saturated rings. The first-order valence-electron chi connectivity index (χ1n) is 5.16. The minimum atomic E-state index is -2.54. The van der Waals surface area contributed by atoms with Crippen molar-refractivity contribution in [2.75, 3.05) is 20.1 Å². The van der Waals surface area contributed by atoms with E-state index in [4.69, 9.17) is 5.11 Å². The van der Waals surface area contributed by atoms with Crippen molar-refractivity contribution in [3.8, 4) is 0 Å². The van der Waals surface area contributed by atoms with E-state index in [2.05, 4.69) is 0 Å². The van der Waals surface area contributed by atoms with Gasteiger partial charge in [-0.25, -0.2) is 8.78 Å². The summed E-state index contributed by atoms with van der Waals surface area (Å²) in [4.78, 5) is 13.1. The minimum absolute atomic E-state index is 0.323. The Balaban J connectivity index is 2.75. The molecule has 3 nitrogen and oxygen atoms in total. The van der Waals surface area contributed by atoms with Crippen LogP contribution >= 0.6 is 0 Å². The number of rotatable bonds is 3. The molecular weight excluding hydrogens is 204 g/mol. The Morgan fingerprint density at radius 2 is 2.13 bits per heavy atom. The van der Waals surface area contributed by atoms with Crippen LogP contribution in [0.5, 0.6) is 0 Å². The summed E-state index contributed by atoms with van der Waals surface area (Å²) < 4.78 is 24.8. The molecule has 1 rings (SSSR count). The van der Waals surface area contributed by atoms with Gasteiger partial charge in [-0.1, -0.05) is 0 Å². The minimum Gasteiger partial charge on any atom is -0.481 e. The van der Waals surface area contributed by atoms with Crippen molar-refractivity contribution in [1.82, 2.24) is 4.90 Å². The molecule has 1 unspecified atom stereocenters. The molecule has 1 atom stereocenters. The standard InChI is InChI=1S/C10H17F2NO2/c1-13-5-2-3-10(4-6-13,9(14)15)7-8(11)12/h8H,2-7H2,1H3,(H,14,15). The lowest BCUT2D eigenvalue weighted by Gasteiger charge is -2.27. The van der Waals surface area contributed by atoms with E-state index in [1.54, 1.807) is 0 Å². The van der Waals surface area contributed by atoms with Gasteiger partial charge in [0.25, 0.3) is 0 Å². The number of carboxylic acid groups (broad SMARTS) is 1. The summed E-state index contributed by atoms with van der Waals surface area (Å²) in [6.45, 7) is 1.37. The Labute approximate surface area is 88.1 Å². The van der Waals surface area contributed by atoms with Crippen LogP contribution in [0.4, 0.5) is 8.78 Å². The van der Waals surface area contributed by atoms with E-state index in [-0.39, 0.29) is 0 Å². The molecule has 1 N–H and O–H groups in total. The predicted octanol–water partition coefficient (Wildman–Crippen LogP) is 1.83. The number of alkyl halides is 2. The number of carboxylic acids is 1. The lowest BCUT2D eigenvalue weighted by molar-refractivity contribution is -0.152. The molecule has 0 bridgehead atoms. The molecule has 1 aliphatic heterocycles. The quantitative estimate of drug-likeness (QED) is 0.790. The third kappa shape index (κ3) is 3.12. The van der Waals surface area contributed by atoms with E-state index in [0.717, 1.165) is 6.54 Å². The van der Waals surface area contributed by atoms with Crippen LogP contribution in [-0.2, 0) is 4.79 Å². The second kappa shape index (κ2) is 4.88. The maximum atomic E-state index is 12.4. The van der Waals surface area contributed by atoms with Crippen LogP contribution < -0.4 is 0 Å². The van der Waals surface area contributed by atoms with Crippen LogP contribution in [0.15, 0.2) is 0 Å². The highest BCUT2D eigenvalue weighted by Gasteiger charge is 2.41. The van der Waals surface area contributed by atoms with Crippen LogP contribution in [-0.4, -0.2) is 42.5 Å². The fourth-order valence-corrected chi connectivity index (χ4v) is 2.13. The van der Waals surface area contributed by atoms with Gasteiger partial charge in [-0.05, 0) is 39.4 Å². The maximum absolute atomic E-state index is 12.4. The molecule has 5 heteroatoms. The van der Waals surface area contributed by atoms with Crippen molar-refractivity contribution in [2.45, 2.75) is 32.1 Å². The molecule has 1 heterocycles. The Morgan fingerprint density at radius 3 is 2.67 bits per heavy atom. The van der Waals surface area contributed by atoms with Gasteiger partial charge < -0.3 is 10.0 Å². The summed E-state index contributed by atoms with van der Waals surface area (Å²) in [6.07, 6.45) is -1.70. The van der Waals surface area contributed by atoms with E-state index in [1.807, 2.05) is 11.9 Å². The SMILES string of the molecule is CN1CCCC(CC(F)F)(C(=O)O)CC1. The molecule has 0 saturated carbocycles. The predicted molar refractivity (Wildman–Crippen MR) is 52.0 cm³/mol. The summed E-state index contributed by atoms with van der Waals surface area (Å²) >= 11 is 0. The summed E-state index contributed by atoms with van der Waals surface area (Å²) in [6, 6.07) is 0. The van der Waals surface area contributed by atoms with Crippen molar-refractivity contribution >= 4 is 5.97 Å². The van der Waals surface area contributed by atoms with Crippen LogP contribution in [0.1, 0.15) is 25.7 Å². The summed E-state index contributed by atoms with van der Waals surface area (Å²) in [7, 11) is 1.89. The molecule has 0 amide bonds. The van der Waals surface area contributed by atoms with Crippen molar-refractivity contribution < 1.29 is 18.7 Å². The number of carbonyl (C=O) groups is 1. The highest BCUT2D eigenvalue weighted by Crippen LogP contribution is 2.37. The van der Waals surface area contributed by atoms with E-state index >= 15 is 0 Å². The zero-order valence-electron chi connectivity index (χ0n) is 8.88. The molecule has 0 aromatic rings. The fraction of sp³-hybridized carbons (Fsp3) is 0.900. The van der Waals surface area contributed by atoms with Crippen molar-refractivity contribution in [3.63, 3.8) is 0 Å². The fourth-order valence-electron chi connectivity index (χ4n) is 2.13. The molecular formula is C10H17F2NO2. The first kappa shape index (κ1) is 12.4. The molecule has 1 aliphatic rings. The Kier molecular flexibility index (Phi) is 4.02. The molecule has 0 aromatic carbocycles. The van der Waals surface area contributed by atoms with Crippen molar-refractivity contribution in [3.05, 3.63) is 0 Å². The molecule has 0 aliphatic carbocycles. The third-order valence-corrected chi connectivity index (χ3v) is 3.17. The lowest BCUT2D eigenvalue weighted by Crippen LogP contribution is -2.34. The molecule has 15 heavy (non-hydrogen) atoms. The summed E-state index contributed by atoms with van der Waals surface area (Å²) in [5.41, 5.74) is -1.21. The maximum Gasteiger partial charge on any atom is 0.309 e. The Morgan fingerprint density at radius 1 is 1.47 bits per heavy atom. The van der Waals surface area contributed by atoms with Crippen LogP contribution in [0.3, 0.4) is 0 Å². The topological polar surface area (TPSA) is 40.5 Å². The largest absolute Gasteiger partial charge is 0.481 e. The molecule has 0 spiro atoms. The Hall–Kier alpha value is -0.710. The molecule has 0 radical (unpaired) electrons. The monoisotopic (exact) mass is 221 g/mol. The highest BCUT2D eigenvalue weighted by atomic mass is 19.3. The van der Waals surface area contributed by atoms with Gasteiger partial charge in [-0.15, -0.1) is 0 Å². The average Bonchev–Trinajstić information content (AvgIpc) is 2.28. The smallest absolute Gasteiger partial charge is 0.309 e. The Bertz CT molecular complexity index is 235. The molecule has 1 saturated heterocycles. The van der Waals surface area contributed by atoms with E-state index < -0.39 is 24.2 Å². The number of hydrogen-bond acceptors (Lipinski definition) is 2. The van der Waals surface area contributed by atoms with Gasteiger partial charge in [-0.2, -0.15) is 0 Å². The summed E-state index contributed by atoms with van der Waals surface area (Å²) in [5.74, 6) is -1.07. The van der Waals surface area contributed by atoms with Gasteiger partial charge in [0, 0.05) is 6.42 Å². The number of aliphatic carboxylic acids is 1. The normalized spacial score (nSPS) is 29.1. The van der Waals surface area contributed by atoms with Crippen LogP contribution in [0.2, 0.25) is 0 Å². The number of hydrogen-bond donors (Lipinski definition) is 1. The molecule has 88 valence electrons. The lowest BCUT2D eigenvalue weighted by atomic mass is 9.78. The zero-order chi connectivity index (χ0) is 11.5. The van der Waals surface area contributed by atoms with E-state index in [0.29, 0.717) is 25.8 Å². The average molecular weight is 221 g/mol. The number of halogens is 2. The highest BCUT2D eigenvalue weighted by molar-refractivity contribution is 5.74.